The van der Waals surface area contributed by atoms with Crippen molar-refractivity contribution >= 4 is 17.1 Å². The first-order valence-corrected chi connectivity index (χ1v) is 7.33. The van der Waals surface area contributed by atoms with Crippen molar-refractivity contribution in [2.75, 3.05) is 23.8 Å². The summed E-state index contributed by atoms with van der Waals surface area (Å²) in [7, 11) is 2.15. The number of nitrogens with zero attached hydrogens (tertiary/aromatic N) is 1. The van der Waals surface area contributed by atoms with Crippen molar-refractivity contribution in [1.82, 2.24) is 0 Å². The summed E-state index contributed by atoms with van der Waals surface area (Å²) in [5, 5.41) is 3.57. The Morgan fingerprint density at radius 2 is 1.80 bits per heavy atom. The van der Waals surface area contributed by atoms with E-state index >= 15 is 0 Å². The molecule has 0 saturated heterocycles. The molecule has 104 valence electrons. The Hall–Kier alpha value is -1.96. The molecule has 0 fully saturated rings. The van der Waals surface area contributed by atoms with E-state index in [4.69, 9.17) is 0 Å². The summed E-state index contributed by atoms with van der Waals surface area (Å²) in [6.07, 6.45) is 2.40. The van der Waals surface area contributed by atoms with E-state index in [1.54, 1.807) is 0 Å². The van der Waals surface area contributed by atoms with Crippen molar-refractivity contribution in [3.05, 3.63) is 53.1 Å². The zero-order valence-corrected chi connectivity index (χ0v) is 12.5. The molecule has 0 atom stereocenters. The number of para-hydroxylation sites is 1. The minimum atomic E-state index is 1.07. The van der Waals surface area contributed by atoms with Crippen molar-refractivity contribution in [2.45, 2.75) is 26.7 Å². The lowest BCUT2D eigenvalue weighted by atomic mass is 10.0. The average molecular weight is 266 g/mol. The molecule has 1 N–H and O–H groups in total. The normalized spacial score (nSPS) is 13.6. The number of hydrogen-bond acceptors (Lipinski definition) is 2. The lowest BCUT2D eigenvalue weighted by Gasteiger charge is -2.28. The van der Waals surface area contributed by atoms with E-state index in [-0.39, 0.29) is 0 Å². The van der Waals surface area contributed by atoms with Crippen LogP contribution in [0.25, 0.3) is 0 Å². The molecule has 2 aromatic rings. The molecule has 1 heterocycles. The van der Waals surface area contributed by atoms with E-state index in [0.717, 1.165) is 6.54 Å². The summed E-state index contributed by atoms with van der Waals surface area (Å²) in [5.74, 6) is 0. The van der Waals surface area contributed by atoms with Gasteiger partial charge in [-0.25, -0.2) is 0 Å². The number of nitrogens with one attached hydrogen (secondary N) is 1. The zero-order chi connectivity index (χ0) is 14.1. The van der Waals surface area contributed by atoms with Gasteiger partial charge in [-0.1, -0.05) is 18.2 Å². The molecular weight excluding hydrogens is 244 g/mol. The Kier molecular flexibility index (Phi) is 3.39. The number of anilines is 3. The van der Waals surface area contributed by atoms with Crippen molar-refractivity contribution in [1.29, 1.82) is 0 Å². The van der Waals surface area contributed by atoms with Gasteiger partial charge in [0.05, 0.1) is 11.4 Å². The van der Waals surface area contributed by atoms with Crippen molar-refractivity contribution in [3.8, 4) is 0 Å². The van der Waals surface area contributed by atoms with Crippen LogP contribution in [0.1, 0.15) is 23.1 Å². The van der Waals surface area contributed by atoms with Crippen LogP contribution in [0.3, 0.4) is 0 Å². The third-order valence-corrected chi connectivity index (χ3v) is 4.01. The topological polar surface area (TPSA) is 15.3 Å². The van der Waals surface area contributed by atoms with Gasteiger partial charge < -0.3 is 10.2 Å². The van der Waals surface area contributed by atoms with Gasteiger partial charge in [-0.15, -0.1) is 0 Å². The second-order valence-corrected chi connectivity index (χ2v) is 5.75. The molecule has 0 radical (unpaired) electrons. The number of benzene rings is 2. The van der Waals surface area contributed by atoms with E-state index in [0.29, 0.717) is 0 Å². The number of hydrogen-bond donors (Lipinski definition) is 1. The summed E-state index contributed by atoms with van der Waals surface area (Å²) in [6.45, 7) is 5.39. The van der Waals surface area contributed by atoms with Crippen molar-refractivity contribution in [3.63, 3.8) is 0 Å². The molecular formula is C18H22N2. The molecule has 0 amide bonds. The predicted octanol–water partition coefficient (Wildman–Crippen LogP) is 4.43. The lowest BCUT2D eigenvalue weighted by molar-refractivity contribution is 0.829. The number of aryl methyl sites for hydroxylation is 3. The van der Waals surface area contributed by atoms with Crippen LogP contribution in [0.2, 0.25) is 0 Å². The maximum Gasteiger partial charge on any atom is 0.0646 e. The highest BCUT2D eigenvalue weighted by Crippen LogP contribution is 2.36. The molecule has 1 aliphatic heterocycles. The van der Waals surface area contributed by atoms with E-state index in [1.807, 2.05) is 0 Å². The van der Waals surface area contributed by atoms with Gasteiger partial charge in [0.15, 0.2) is 0 Å². The highest BCUT2D eigenvalue weighted by Gasteiger charge is 2.15. The van der Waals surface area contributed by atoms with Gasteiger partial charge in [0.2, 0.25) is 0 Å². The van der Waals surface area contributed by atoms with Crippen LogP contribution in [-0.2, 0) is 6.42 Å². The third kappa shape index (κ3) is 2.38. The summed E-state index contributed by atoms with van der Waals surface area (Å²) < 4.78 is 0. The lowest BCUT2D eigenvalue weighted by Crippen LogP contribution is -2.17. The van der Waals surface area contributed by atoms with Crippen LogP contribution < -0.4 is 10.2 Å². The first-order chi connectivity index (χ1) is 9.65. The first-order valence-electron chi connectivity index (χ1n) is 7.33. The summed E-state index contributed by atoms with van der Waals surface area (Å²) >= 11 is 0. The van der Waals surface area contributed by atoms with Gasteiger partial charge in [0.1, 0.15) is 0 Å². The molecule has 0 spiro atoms. The smallest absolute Gasteiger partial charge is 0.0646 e. The minimum Gasteiger partial charge on any atom is -0.383 e. The second kappa shape index (κ2) is 5.20. The number of fused-ring (bicyclic) bond motifs is 1. The maximum absolute atomic E-state index is 3.57. The summed E-state index contributed by atoms with van der Waals surface area (Å²) in [5.41, 5.74) is 7.88. The average Bonchev–Trinajstić information content (AvgIpc) is 2.45. The fraction of sp³-hybridized carbons (Fsp3) is 0.333. The molecule has 0 aliphatic carbocycles. The van der Waals surface area contributed by atoms with Crippen molar-refractivity contribution in [2.24, 2.45) is 0 Å². The maximum atomic E-state index is 3.57. The molecule has 20 heavy (non-hydrogen) atoms. The fourth-order valence-corrected chi connectivity index (χ4v) is 3.05. The van der Waals surface area contributed by atoms with E-state index < -0.39 is 0 Å². The Morgan fingerprint density at radius 1 is 1.05 bits per heavy atom. The molecule has 2 aromatic carbocycles. The molecule has 0 unspecified atom stereocenters. The molecule has 0 bridgehead atoms. The fourth-order valence-electron chi connectivity index (χ4n) is 3.05. The summed E-state index contributed by atoms with van der Waals surface area (Å²) in [4.78, 5) is 2.29. The second-order valence-electron chi connectivity index (χ2n) is 5.75. The first kappa shape index (κ1) is 13.0. The van der Waals surface area contributed by atoms with Crippen LogP contribution in [0, 0.1) is 13.8 Å². The van der Waals surface area contributed by atoms with Gasteiger partial charge in [-0.2, -0.15) is 0 Å². The van der Waals surface area contributed by atoms with Crippen LogP contribution in [0.4, 0.5) is 17.1 Å². The largest absolute Gasteiger partial charge is 0.383 e. The Balaban J connectivity index is 2.04. The SMILES string of the molecule is Cc1cc(C)cc(N(C)c2cccc3c2NCCC3)c1. The van der Waals surface area contributed by atoms with Crippen molar-refractivity contribution < 1.29 is 0 Å². The standard InChI is InChI=1S/C18H22N2/c1-13-10-14(2)12-16(11-13)20(3)17-8-4-6-15-7-5-9-19-18(15)17/h4,6,8,10-12,19H,5,7,9H2,1-3H3. The van der Waals surface area contributed by atoms with E-state index in [1.165, 1.54) is 46.6 Å². The minimum absolute atomic E-state index is 1.07. The Bertz CT molecular complexity index is 611. The highest BCUT2D eigenvalue weighted by atomic mass is 15.1. The molecule has 2 nitrogen and oxygen atoms in total. The predicted molar refractivity (Wildman–Crippen MR) is 87.2 cm³/mol. The van der Waals surface area contributed by atoms with Crippen LogP contribution >= 0.6 is 0 Å². The number of rotatable bonds is 2. The highest BCUT2D eigenvalue weighted by molar-refractivity contribution is 5.79. The molecule has 1 aliphatic rings. The molecule has 0 aromatic heterocycles. The quantitative estimate of drug-likeness (QED) is 0.865. The zero-order valence-electron chi connectivity index (χ0n) is 12.5. The van der Waals surface area contributed by atoms with Gasteiger partial charge in [-0.3, -0.25) is 0 Å². The van der Waals surface area contributed by atoms with Gasteiger partial charge in [-0.05, 0) is 61.6 Å². The third-order valence-electron chi connectivity index (χ3n) is 4.01. The van der Waals surface area contributed by atoms with Gasteiger partial charge in [0.25, 0.3) is 0 Å². The monoisotopic (exact) mass is 266 g/mol. The molecule has 2 heteroatoms. The van der Waals surface area contributed by atoms with E-state index in [2.05, 4.69) is 67.5 Å². The van der Waals surface area contributed by atoms with Gasteiger partial charge >= 0.3 is 0 Å². The molecule has 0 saturated carbocycles. The Labute approximate surface area is 121 Å². The van der Waals surface area contributed by atoms with Crippen LogP contribution in [0.15, 0.2) is 36.4 Å². The van der Waals surface area contributed by atoms with E-state index in [9.17, 15) is 0 Å². The summed E-state index contributed by atoms with van der Waals surface area (Å²) in [6, 6.07) is 13.3. The van der Waals surface area contributed by atoms with Gasteiger partial charge in [0, 0.05) is 19.3 Å². The van der Waals surface area contributed by atoms with Crippen LogP contribution in [0.5, 0.6) is 0 Å². The Morgan fingerprint density at radius 3 is 2.55 bits per heavy atom. The van der Waals surface area contributed by atoms with Crippen LogP contribution in [-0.4, -0.2) is 13.6 Å². The molecule has 3 rings (SSSR count).